The maximum atomic E-state index is 12.2. The van der Waals surface area contributed by atoms with Gasteiger partial charge in [-0.25, -0.2) is 0 Å². The van der Waals surface area contributed by atoms with Gasteiger partial charge in [0.1, 0.15) is 13.2 Å². The summed E-state index contributed by atoms with van der Waals surface area (Å²) in [5.41, 5.74) is -1.05. The highest BCUT2D eigenvalue weighted by Crippen LogP contribution is 2.29. The predicted octanol–water partition coefficient (Wildman–Crippen LogP) is 4.36. The summed E-state index contributed by atoms with van der Waals surface area (Å²) in [6, 6.07) is 0. The fourth-order valence-corrected chi connectivity index (χ4v) is 4.32. The fraction of sp³-hybridized carbons (Fsp3) is 1.00. The van der Waals surface area contributed by atoms with E-state index in [1.807, 2.05) is 41.5 Å². The molecule has 0 rings (SSSR count). The molecule has 12 heteroatoms. The molecule has 0 aromatic heterocycles. The Morgan fingerprint density at radius 3 is 1.68 bits per heavy atom. The molecule has 6 unspecified atom stereocenters. The molecule has 0 bridgehead atoms. The topological polar surface area (TPSA) is 130 Å². The smallest absolute Gasteiger partial charge is 0.391 e. The van der Waals surface area contributed by atoms with Crippen molar-refractivity contribution >= 4 is 16.1 Å². The molecule has 0 aliphatic carbocycles. The van der Waals surface area contributed by atoms with Crippen LogP contribution in [0.25, 0.3) is 0 Å². The average Bonchev–Trinajstić information content (AvgIpc) is 2.67. The standard InChI is InChI=1S/C22H46O10P2/c1-17(23)13-27-18(2)14-29-33(25)11-9-10-12-34(26)30-16-20(32-22(6,7)8)28-15-19(24)31-21(3,4)5/h17-20,23-24H,9-16H2,1-8H3/q+2. The Balaban J connectivity index is 4.20. The van der Waals surface area contributed by atoms with Gasteiger partial charge in [0, 0.05) is 0 Å². The zero-order chi connectivity index (χ0) is 26.4. The normalized spacial score (nSPS) is 17.2. The van der Waals surface area contributed by atoms with Crippen LogP contribution in [0.15, 0.2) is 0 Å². The Labute approximate surface area is 206 Å². The number of ether oxygens (including phenoxy) is 4. The molecule has 202 valence electrons. The number of hydrogen-bond donors (Lipinski definition) is 2. The minimum Gasteiger partial charge on any atom is -0.391 e. The van der Waals surface area contributed by atoms with Crippen LogP contribution < -0.4 is 0 Å². The number of aliphatic hydroxyl groups excluding tert-OH is 2. The van der Waals surface area contributed by atoms with Crippen LogP contribution >= 0.6 is 16.1 Å². The van der Waals surface area contributed by atoms with E-state index >= 15 is 0 Å². The van der Waals surface area contributed by atoms with E-state index in [2.05, 4.69) is 0 Å². The van der Waals surface area contributed by atoms with Crippen molar-refractivity contribution in [1.82, 2.24) is 0 Å². The summed E-state index contributed by atoms with van der Waals surface area (Å²) in [6.07, 6.45) is -0.958. The summed E-state index contributed by atoms with van der Waals surface area (Å²) in [6.45, 7) is 14.7. The first-order valence-electron chi connectivity index (χ1n) is 11.7. The van der Waals surface area contributed by atoms with Gasteiger partial charge in [-0.05, 0) is 77.4 Å². The van der Waals surface area contributed by atoms with Gasteiger partial charge in [0.05, 0.1) is 30.0 Å². The molecule has 2 N–H and O–H groups in total. The fourth-order valence-electron chi connectivity index (χ4n) is 2.44. The van der Waals surface area contributed by atoms with Gasteiger partial charge in [-0.1, -0.05) is 0 Å². The molecule has 6 atom stereocenters. The third kappa shape index (κ3) is 22.4. The highest BCUT2D eigenvalue weighted by atomic mass is 31.1. The van der Waals surface area contributed by atoms with E-state index in [0.29, 0.717) is 25.2 Å². The van der Waals surface area contributed by atoms with Gasteiger partial charge in [0.25, 0.3) is 0 Å². The van der Waals surface area contributed by atoms with Crippen LogP contribution in [0.1, 0.15) is 68.2 Å². The van der Waals surface area contributed by atoms with Crippen molar-refractivity contribution in [3.63, 3.8) is 0 Å². The lowest BCUT2D eigenvalue weighted by molar-refractivity contribution is -0.252. The summed E-state index contributed by atoms with van der Waals surface area (Å²) < 4.78 is 57.0. The van der Waals surface area contributed by atoms with Crippen LogP contribution in [0.2, 0.25) is 0 Å². The van der Waals surface area contributed by atoms with Crippen LogP contribution in [0, 0.1) is 0 Å². The van der Waals surface area contributed by atoms with Crippen LogP contribution in [0.5, 0.6) is 0 Å². The Morgan fingerprint density at radius 1 is 0.706 bits per heavy atom. The van der Waals surface area contributed by atoms with Crippen molar-refractivity contribution in [3.05, 3.63) is 0 Å². The Bertz CT molecular complexity index is 575. The van der Waals surface area contributed by atoms with E-state index < -0.39 is 45.9 Å². The zero-order valence-electron chi connectivity index (χ0n) is 22.0. The van der Waals surface area contributed by atoms with E-state index in [0.717, 1.165) is 0 Å². The molecular formula is C22H46O10P2+2. The number of rotatable bonds is 19. The molecule has 0 aromatic carbocycles. The van der Waals surface area contributed by atoms with E-state index in [-0.39, 0.29) is 32.5 Å². The van der Waals surface area contributed by atoms with Crippen LogP contribution in [0.3, 0.4) is 0 Å². The lowest BCUT2D eigenvalue weighted by atomic mass is 10.2. The first-order chi connectivity index (χ1) is 15.6. The maximum absolute atomic E-state index is 12.2. The first kappa shape index (κ1) is 33.9. The molecule has 0 fully saturated rings. The molecule has 0 amide bonds. The molecule has 0 saturated heterocycles. The molecule has 10 nitrogen and oxygen atoms in total. The third-order valence-corrected chi connectivity index (χ3v) is 6.00. The van der Waals surface area contributed by atoms with Gasteiger partial charge in [0.2, 0.25) is 0 Å². The highest BCUT2D eigenvalue weighted by molar-refractivity contribution is 7.39. The van der Waals surface area contributed by atoms with Crippen molar-refractivity contribution < 1.29 is 47.3 Å². The van der Waals surface area contributed by atoms with Gasteiger partial charge in [-0.15, -0.1) is 9.05 Å². The lowest BCUT2D eigenvalue weighted by Crippen LogP contribution is -2.36. The van der Waals surface area contributed by atoms with E-state index in [1.165, 1.54) is 0 Å². The van der Waals surface area contributed by atoms with Gasteiger partial charge in [0.15, 0.2) is 31.5 Å². The maximum Gasteiger partial charge on any atom is 0.508 e. The summed E-state index contributed by atoms with van der Waals surface area (Å²) in [4.78, 5) is 0. The molecular weight excluding hydrogens is 486 g/mol. The van der Waals surface area contributed by atoms with Gasteiger partial charge in [-0.2, -0.15) is 0 Å². The number of aliphatic hydroxyl groups is 2. The molecule has 0 spiro atoms. The second kappa shape index (κ2) is 17.4. The second-order valence-corrected chi connectivity index (χ2v) is 12.8. The SMILES string of the molecule is CC(O)COC(C)CO[P+](=O)CCCC[P+](=O)OCC(OCC(O)OC(C)(C)C)OC(C)(C)C. The van der Waals surface area contributed by atoms with Crippen LogP contribution in [-0.2, 0) is 37.1 Å². The summed E-state index contributed by atoms with van der Waals surface area (Å²) in [5, 5.41) is 19.1. The zero-order valence-corrected chi connectivity index (χ0v) is 23.8. The van der Waals surface area contributed by atoms with Crippen molar-refractivity contribution in [2.24, 2.45) is 0 Å². The molecule has 0 aliphatic heterocycles. The Kier molecular flexibility index (Phi) is 17.3. The van der Waals surface area contributed by atoms with Gasteiger partial charge >= 0.3 is 16.1 Å². The average molecular weight is 533 g/mol. The third-order valence-electron chi connectivity index (χ3n) is 3.76. The minimum absolute atomic E-state index is 0.0591. The van der Waals surface area contributed by atoms with Crippen molar-refractivity contribution in [1.29, 1.82) is 0 Å². The van der Waals surface area contributed by atoms with Crippen molar-refractivity contribution in [2.75, 3.05) is 38.8 Å². The Morgan fingerprint density at radius 2 is 1.21 bits per heavy atom. The van der Waals surface area contributed by atoms with Gasteiger partial charge < -0.3 is 29.2 Å². The quantitative estimate of drug-likeness (QED) is 0.141. The highest BCUT2D eigenvalue weighted by Gasteiger charge is 2.27. The van der Waals surface area contributed by atoms with Crippen LogP contribution in [-0.4, -0.2) is 85.0 Å². The predicted molar refractivity (Wildman–Crippen MR) is 131 cm³/mol. The number of unbranched alkanes of at least 4 members (excludes halogenated alkanes) is 1. The molecule has 0 aromatic rings. The summed E-state index contributed by atoms with van der Waals surface area (Å²) in [7, 11) is -3.78. The molecule has 0 saturated carbocycles. The van der Waals surface area contributed by atoms with Gasteiger partial charge in [-0.3, -0.25) is 0 Å². The largest absolute Gasteiger partial charge is 0.508 e. The monoisotopic (exact) mass is 532 g/mol. The van der Waals surface area contributed by atoms with E-state index in [4.69, 9.17) is 28.0 Å². The first-order valence-corrected chi connectivity index (χ1v) is 14.4. The van der Waals surface area contributed by atoms with E-state index in [9.17, 15) is 19.3 Å². The molecule has 0 radical (unpaired) electrons. The minimum atomic E-state index is -1.95. The Hall–Kier alpha value is -0.120. The molecule has 34 heavy (non-hydrogen) atoms. The van der Waals surface area contributed by atoms with Crippen LogP contribution in [0.4, 0.5) is 0 Å². The van der Waals surface area contributed by atoms with E-state index in [1.54, 1.807) is 13.8 Å². The summed E-state index contributed by atoms with van der Waals surface area (Å²) >= 11 is 0. The van der Waals surface area contributed by atoms with Crippen molar-refractivity contribution in [3.8, 4) is 0 Å². The molecule has 0 heterocycles. The number of hydrogen-bond acceptors (Lipinski definition) is 10. The van der Waals surface area contributed by atoms with Crippen molar-refractivity contribution in [2.45, 2.75) is 104 Å². The molecule has 0 aliphatic rings. The lowest BCUT2D eigenvalue weighted by Gasteiger charge is -2.28. The second-order valence-electron chi connectivity index (χ2n) is 10.1. The summed E-state index contributed by atoms with van der Waals surface area (Å²) in [5.74, 6) is 0.